The van der Waals surface area contributed by atoms with E-state index in [-0.39, 0.29) is 66.5 Å². The number of aliphatic carboxylic acids is 2. The third kappa shape index (κ3) is 14.1. The molecule has 0 heterocycles. The molecule has 0 saturated carbocycles. The van der Waals surface area contributed by atoms with E-state index in [1.165, 1.54) is 6.92 Å². The van der Waals surface area contributed by atoms with Gasteiger partial charge in [0.1, 0.15) is 24.4 Å². The van der Waals surface area contributed by atoms with E-state index in [0.29, 0.717) is 0 Å². The molecule has 0 aromatic carbocycles. The summed E-state index contributed by atoms with van der Waals surface area (Å²) in [7, 11) is 0. The Morgan fingerprint density at radius 2 is 1.29 bits per heavy atom. The molecule has 5 atom stereocenters. The summed E-state index contributed by atoms with van der Waals surface area (Å²) in [6, 6.07) is 0. The number of aliphatic hydroxyl groups is 6. The summed E-state index contributed by atoms with van der Waals surface area (Å²) >= 11 is 0. The Bertz CT molecular complexity index is 306. The van der Waals surface area contributed by atoms with Crippen LogP contribution in [-0.2, 0) is 9.59 Å². The predicted molar refractivity (Wildman–Crippen MR) is 74.0 cm³/mol. The van der Waals surface area contributed by atoms with Crippen LogP contribution in [0.25, 0.3) is 0 Å². The minimum absolute atomic E-state index is 0. The van der Waals surface area contributed by atoms with Crippen LogP contribution in [0, 0.1) is 0 Å². The zero-order chi connectivity index (χ0) is 15.7. The Balaban J connectivity index is -0.0000000358. The average Bonchev–Trinajstić information content (AvgIpc) is 2.35. The van der Waals surface area contributed by atoms with Gasteiger partial charge in [0, 0.05) is 0 Å². The Hall–Kier alpha value is 0.726. The van der Waals surface area contributed by atoms with Crippen molar-refractivity contribution in [2.24, 2.45) is 0 Å². The first kappa shape index (κ1) is 29.7. The van der Waals surface area contributed by atoms with Gasteiger partial charge in [0.05, 0.1) is 6.61 Å². The van der Waals surface area contributed by atoms with Gasteiger partial charge in [0.2, 0.25) is 0 Å². The fourth-order valence-corrected chi connectivity index (χ4v) is 0.668. The Morgan fingerprint density at radius 3 is 1.48 bits per heavy atom. The molecule has 0 aromatic heterocycles. The average molecular weight is 355 g/mol. The third-order valence-corrected chi connectivity index (χ3v) is 1.87. The second-order valence-electron chi connectivity index (χ2n) is 3.53. The van der Waals surface area contributed by atoms with Gasteiger partial charge in [-0.15, -0.1) is 0 Å². The SMILES string of the molecule is CC(O)C(=O)O.O=C(O)C(O)C(O)C(O)C(O)CO.[Ca+2].[H-].[H-].[H-].[H-].[Mg+2]. The van der Waals surface area contributed by atoms with Crippen molar-refractivity contribution < 1.29 is 56.1 Å². The smallest absolute Gasteiger partial charge is 1.00 e. The number of carbonyl (C=O) groups is 2. The molecule has 122 valence electrons. The quantitative estimate of drug-likeness (QED) is 0.216. The van der Waals surface area contributed by atoms with Crippen molar-refractivity contribution in [3.63, 3.8) is 0 Å². The van der Waals surface area contributed by atoms with E-state index in [9.17, 15) is 9.59 Å². The first-order valence-corrected chi connectivity index (χ1v) is 5.03. The monoisotopic (exact) mass is 354 g/mol. The first-order chi connectivity index (χ1) is 8.56. The number of hydrogen-bond donors (Lipinski definition) is 8. The minimum Gasteiger partial charge on any atom is -1.00 e. The molecule has 0 fully saturated rings. The van der Waals surface area contributed by atoms with Crippen LogP contribution in [0.15, 0.2) is 0 Å². The molecule has 8 N–H and O–H groups in total. The van der Waals surface area contributed by atoms with Crippen LogP contribution in [-0.4, -0.2) is 151 Å². The van der Waals surface area contributed by atoms with Crippen molar-refractivity contribution in [2.75, 3.05) is 6.61 Å². The van der Waals surface area contributed by atoms with Crippen LogP contribution in [0.5, 0.6) is 0 Å². The van der Waals surface area contributed by atoms with E-state index < -0.39 is 49.1 Å². The third-order valence-electron chi connectivity index (χ3n) is 1.87. The summed E-state index contributed by atoms with van der Waals surface area (Å²) in [6.45, 7) is 0.354. The van der Waals surface area contributed by atoms with Crippen LogP contribution in [0.4, 0.5) is 0 Å². The Labute approximate surface area is 172 Å². The van der Waals surface area contributed by atoms with E-state index in [2.05, 4.69) is 0 Å². The summed E-state index contributed by atoms with van der Waals surface area (Å²) in [6.07, 6.45) is -9.07. The molecule has 0 aliphatic heterocycles. The second kappa shape index (κ2) is 15.6. The van der Waals surface area contributed by atoms with E-state index in [0.717, 1.165) is 0 Å². The maximum absolute atomic E-state index is 10.1. The second-order valence-corrected chi connectivity index (χ2v) is 3.53. The molecule has 0 aliphatic rings. The van der Waals surface area contributed by atoms with Crippen molar-refractivity contribution in [1.82, 2.24) is 0 Å². The van der Waals surface area contributed by atoms with Gasteiger partial charge in [-0.05, 0) is 6.92 Å². The van der Waals surface area contributed by atoms with Crippen molar-refractivity contribution in [1.29, 1.82) is 0 Å². The number of carboxylic acid groups (broad SMARTS) is 2. The predicted octanol–water partition coefficient (Wildman–Crippen LogP) is -4.35. The molecule has 0 bridgehead atoms. The summed E-state index contributed by atoms with van der Waals surface area (Å²) in [5.41, 5.74) is 0. The van der Waals surface area contributed by atoms with Crippen LogP contribution < -0.4 is 0 Å². The summed E-state index contributed by atoms with van der Waals surface area (Å²) in [4.78, 5) is 19.5. The molecular weight excluding hydrogens is 332 g/mol. The molecule has 0 saturated heterocycles. The molecule has 0 aromatic rings. The largest absolute Gasteiger partial charge is 2.00 e. The molecule has 5 unspecified atom stereocenters. The van der Waals surface area contributed by atoms with Crippen LogP contribution in [0.3, 0.4) is 0 Å². The van der Waals surface area contributed by atoms with Crippen LogP contribution in [0.2, 0.25) is 0 Å². The van der Waals surface area contributed by atoms with Crippen molar-refractivity contribution in [3.05, 3.63) is 0 Å². The first-order valence-electron chi connectivity index (χ1n) is 5.03. The van der Waals surface area contributed by atoms with Crippen LogP contribution >= 0.6 is 0 Å². The van der Waals surface area contributed by atoms with Gasteiger partial charge in [0.25, 0.3) is 0 Å². The summed E-state index contributed by atoms with van der Waals surface area (Å²) in [5.74, 6) is -2.91. The molecule has 0 radical (unpaired) electrons. The van der Waals surface area contributed by atoms with Crippen LogP contribution in [0.1, 0.15) is 12.6 Å². The summed E-state index contributed by atoms with van der Waals surface area (Å²) in [5, 5.41) is 67.6. The number of carboxylic acids is 2. The van der Waals surface area contributed by atoms with E-state index >= 15 is 0 Å². The molecule has 0 aliphatic carbocycles. The molecular formula is C9H22CaMgO10. The molecule has 21 heavy (non-hydrogen) atoms. The van der Waals surface area contributed by atoms with Gasteiger partial charge in [-0.25, -0.2) is 9.59 Å². The van der Waals surface area contributed by atoms with Crippen molar-refractivity contribution in [2.45, 2.75) is 37.4 Å². The standard InChI is InChI=1S/C6H12O7.C3H6O3.Ca.Mg.4H/c7-1-2(8)3(9)4(10)5(11)6(12)13;1-2(4)3(5)6;;;;;;/h2-5,7-11H,1H2,(H,12,13);2,4H,1H3,(H,5,6);;;;;;/q;;2*+2;4*-1. The fourth-order valence-electron chi connectivity index (χ4n) is 0.668. The van der Waals surface area contributed by atoms with Gasteiger partial charge >= 0.3 is 72.7 Å². The fraction of sp³-hybridized carbons (Fsp3) is 0.778. The van der Waals surface area contributed by atoms with Gasteiger partial charge in [-0.1, -0.05) is 0 Å². The van der Waals surface area contributed by atoms with Gasteiger partial charge in [-0.2, -0.15) is 0 Å². The maximum Gasteiger partial charge on any atom is 2.00 e. The zero-order valence-electron chi connectivity index (χ0n) is 15.4. The van der Waals surface area contributed by atoms with Gasteiger partial charge in [0.15, 0.2) is 6.10 Å². The van der Waals surface area contributed by atoms with Gasteiger partial charge < -0.3 is 46.6 Å². The van der Waals surface area contributed by atoms with Crippen molar-refractivity contribution >= 4 is 72.7 Å². The Kier molecular flexibility index (Phi) is 22.1. The molecule has 0 spiro atoms. The minimum atomic E-state index is -2.20. The maximum atomic E-state index is 10.1. The molecule has 12 heteroatoms. The van der Waals surface area contributed by atoms with Gasteiger partial charge in [-0.3, -0.25) is 0 Å². The zero-order valence-corrected chi connectivity index (χ0v) is 15.0. The Morgan fingerprint density at radius 1 is 0.952 bits per heavy atom. The molecule has 0 rings (SSSR count). The summed E-state index contributed by atoms with van der Waals surface area (Å²) < 4.78 is 0. The van der Waals surface area contributed by atoms with E-state index in [4.69, 9.17) is 40.9 Å². The molecule has 10 nitrogen and oxygen atoms in total. The molecule has 0 amide bonds. The van der Waals surface area contributed by atoms with Crippen molar-refractivity contribution in [3.8, 4) is 0 Å². The topological polar surface area (TPSA) is 196 Å². The number of hydrogen-bond acceptors (Lipinski definition) is 8. The van der Waals surface area contributed by atoms with E-state index in [1.54, 1.807) is 0 Å². The normalized spacial score (nSPS) is 16.5. The van der Waals surface area contributed by atoms with E-state index in [1.807, 2.05) is 0 Å². The number of aliphatic hydroxyl groups excluding tert-OH is 6. The number of rotatable bonds is 6.